The van der Waals surface area contributed by atoms with Crippen LogP contribution < -0.4 is 10.1 Å². The quantitative estimate of drug-likeness (QED) is 0.395. The van der Waals surface area contributed by atoms with Crippen LogP contribution in [0.1, 0.15) is 41.7 Å². The van der Waals surface area contributed by atoms with Crippen molar-refractivity contribution in [1.29, 1.82) is 0 Å². The molecular weight excluding hydrogens is 448 g/mol. The first-order valence-corrected chi connectivity index (χ1v) is 12.6. The first-order chi connectivity index (χ1) is 17.2. The second kappa shape index (κ2) is 12.9. The van der Waals surface area contributed by atoms with Gasteiger partial charge in [-0.2, -0.15) is 0 Å². The van der Waals surface area contributed by atoms with E-state index in [-0.39, 0.29) is 18.4 Å². The van der Waals surface area contributed by atoms with E-state index >= 15 is 0 Å². The normalized spacial score (nSPS) is 11.7. The minimum Gasteiger partial charge on any atom is -0.484 e. The Balaban J connectivity index is 1.90. The highest BCUT2D eigenvalue weighted by atomic mass is 16.5. The van der Waals surface area contributed by atoms with Crippen molar-refractivity contribution in [3.63, 3.8) is 0 Å². The molecule has 0 aliphatic heterocycles. The zero-order valence-electron chi connectivity index (χ0n) is 22.1. The highest BCUT2D eigenvalue weighted by Gasteiger charge is 2.30. The Bertz CT molecular complexity index is 1160. The number of carbonyl (C=O) groups excluding carboxylic acids is 2. The number of nitrogens with one attached hydrogen (secondary N) is 1. The van der Waals surface area contributed by atoms with E-state index in [9.17, 15) is 9.59 Å². The standard InChI is InChI=1S/C31H38N2O3/c1-22(2)19-32-31(35)29(18-26-11-7-6-8-12-26)33(20-27-13-9-10-23(3)16-27)30(34)21-36-28-15-14-24(4)25(5)17-28/h6-17,22,29H,18-21H2,1-5H3,(H,32,35)/t29-/m1/s1. The molecule has 0 aliphatic carbocycles. The maximum Gasteiger partial charge on any atom is 0.261 e. The van der Waals surface area contributed by atoms with Crippen molar-refractivity contribution in [3.05, 3.63) is 101 Å². The van der Waals surface area contributed by atoms with Gasteiger partial charge in [0.05, 0.1) is 0 Å². The van der Waals surface area contributed by atoms with Crippen LogP contribution in [0.2, 0.25) is 0 Å². The molecule has 2 amide bonds. The van der Waals surface area contributed by atoms with E-state index in [0.717, 1.165) is 22.3 Å². The second-order valence-corrected chi connectivity index (χ2v) is 9.89. The van der Waals surface area contributed by atoms with Crippen LogP contribution in [-0.4, -0.2) is 35.9 Å². The Morgan fingerprint density at radius 1 is 0.861 bits per heavy atom. The molecule has 0 aromatic heterocycles. The summed E-state index contributed by atoms with van der Waals surface area (Å²) in [6.07, 6.45) is 0.423. The monoisotopic (exact) mass is 486 g/mol. The van der Waals surface area contributed by atoms with Gasteiger partial charge in [-0.05, 0) is 61.1 Å². The summed E-state index contributed by atoms with van der Waals surface area (Å²) in [5.41, 5.74) is 5.35. The van der Waals surface area contributed by atoms with Crippen LogP contribution in [0.25, 0.3) is 0 Å². The smallest absolute Gasteiger partial charge is 0.261 e. The topological polar surface area (TPSA) is 58.6 Å². The summed E-state index contributed by atoms with van der Waals surface area (Å²) >= 11 is 0. The van der Waals surface area contributed by atoms with E-state index < -0.39 is 6.04 Å². The van der Waals surface area contributed by atoms with E-state index in [1.54, 1.807) is 4.90 Å². The number of nitrogens with zero attached hydrogens (tertiary/aromatic N) is 1. The van der Waals surface area contributed by atoms with Gasteiger partial charge in [-0.1, -0.05) is 80.1 Å². The first kappa shape index (κ1) is 27.0. The fourth-order valence-electron chi connectivity index (χ4n) is 4.02. The van der Waals surface area contributed by atoms with Gasteiger partial charge in [0, 0.05) is 19.5 Å². The maximum atomic E-state index is 13.7. The van der Waals surface area contributed by atoms with Gasteiger partial charge in [0.25, 0.3) is 5.91 Å². The molecule has 3 aromatic rings. The summed E-state index contributed by atoms with van der Waals surface area (Å²) in [5.74, 6) is 0.571. The Morgan fingerprint density at radius 3 is 2.25 bits per heavy atom. The Hall–Kier alpha value is -3.60. The van der Waals surface area contributed by atoms with Crippen LogP contribution >= 0.6 is 0 Å². The third kappa shape index (κ3) is 7.98. The zero-order chi connectivity index (χ0) is 26.1. The minimum absolute atomic E-state index is 0.142. The summed E-state index contributed by atoms with van der Waals surface area (Å²) in [5, 5.41) is 3.05. The summed E-state index contributed by atoms with van der Waals surface area (Å²) in [7, 11) is 0. The van der Waals surface area contributed by atoms with E-state index in [0.29, 0.717) is 31.2 Å². The lowest BCUT2D eigenvalue weighted by Gasteiger charge is -2.32. The van der Waals surface area contributed by atoms with Crippen LogP contribution in [0.4, 0.5) is 0 Å². The number of aryl methyl sites for hydroxylation is 3. The zero-order valence-corrected chi connectivity index (χ0v) is 22.1. The lowest BCUT2D eigenvalue weighted by molar-refractivity contribution is -0.142. The van der Waals surface area contributed by atoms with Crippen molar-refractivity contribution in [1.82, 2.24) is 10.2 Å². The molecule has 190 valence electrons. The molecule has 0 heterocycles. The molecule has 0 unspecified atom stereocenters. The van der Waals surface area contributed by atoms with E-state index in [4.69, 9.17) is 4.74 Å². The highest BCUT2D eigenvalue weighted by Crippen LogP contribution is 2.19. The molecule has 1 atom stereocenters. The Morgan fingerprint density at radius 2 is 1.58 bits per heavy atom. The lowest BCUT2D eigenvalue weighted by Crippen LogP contribution is -2.52. The highest BCUT2D eigenvalue weighted by molar-refractivity contribution is 5.88. The van der Waals surface area contributed by atoms with E-state index in [1.165, 1.54) is 5.56 Å². The molecule has 0 fully saturated rings. The van der Waals surface area contributed by atoms with Crippen molar-refractivity contribution in [3.8, 4) is 5.75 Å². The minimum atomic E-state index is -0.664. The second-order valence-electron chi connectivity index (χ2n) is 9.89. The predicted octanol–water partition coefficient (Wildman–Crippen LogP) is 5.40. The number of hydrogen-bond acceptors (Lipinski definition) is 3. The Labute approximate surface area is 215 Å². The molecule has 0 saturated heterocycles. The van der Waals surface area contributed by atoms with Crippen molar-refractivity contribution < 1.29 is 14.3 Å². The van der Waals surface area contributed by atoms with Crippen LogP contribution in [0.3, 0.4) is 0 Å². The maximum absolute atomic E-state index is 13.7. The summed E-state index contributed by atoms with van der Waals surface area (Å²) in [6.45, 7) is 10.9. The number of hydrogen-bond donors (Lipinski definition) is 1. The van der Waals surface area contributed by atoms with Gasteiger partial charge in [0.2, 0.25) is 5.91 Å². The molecular formula is C31H38N2O3. The third-order valence-corrected chi connectivity index (χ3v) is 6.23. The average Bonchev–Trinajstić information content (AvgIpc) is 2.86. The van der Waals surface area contributed by atoms with Gasteiger partial charge >= 0.3 is 0 Å². The molecule has 5 heteroatoms. The molecule has 0 spiro atoms. The number of amides is 2. The molecule has 0 saturated carbocycles. The van der Waals surface area contributed by atoms with Crippen molar-refractivity contribution in [2.24, 2.45) is 5.92 Å². The average molecular weight is 487 g/mol. The Kier molecular flexibility index (Phi) is 9.69. The molecule has 5 nitrogen and oxygen atoms in total. The molecule has 1 N–H and O–H groups in total. The summed E-state index contributed by atoms with van der Waals surface area (Å²) in [4.78, 5) is 28.8. The van der Waals surface area contributed by atoms with Crippen molar-refractivity contribution in [2.45, 2.75) is 53.6 Å². The summed E-state index contributed by atoms with van der Waals surface area (Å²) in [6, 6.07) is 23.0. The van der Waals surface area contributed by atoms with Gasteiger partial charge in [0.15, 0.2) is 6.61 Å². The van der Waals surface area contributed by atoms with Crippen LogP contribution in [-0.2, 0) is 22.6 Å². The van der Waals surface area contributed by atoms with Gasteiger partial charge < -0.3 is 15.0 Å². The molecule has 0 radical (unpaired) electrons. The fraction of sp³-hybridized carbons (Fsp3) is 0.355. The van der Waals surface area contributed by atoms with Crippen LogP contribution in [0.5, 0.6) is 5.75 Å². The van der Waals surface area contributed by atoms with Gasteiger partial charge in [-0.25, -0.2) is 0 Å². The lowest BCUT2D eigenvalue weighted by atomic mass is 10.0. The molecule has 0 aliphatic rings. The van der Waals surface area contributed by atoms with Gasteiger partial charge in [-0.15, -0.1) is 0 Å². The van der Waals surface area contributed by atoms with Gasteiger partial charge in [0.1, 0.15) is 11.8 Å². The van der Waals surface area contributed by atoms with Gasteiger partial charge in [-0.3, -0.25) is 9.59 Å². The molecule has 3 aromatic carbocycles. The number of benzene rings is 3. The number of carbonyl (C=O) groups is 2. The van der Waals surface area contributed by atoms with Crippen molar-refractivity contribution in [2.75, 3.05) is 13.2 Å². The predicted molar refractivity (Wildman–Crippen MR) is 145 cm³/mol. The molecule has 3 rings (SSSR count). The van der Waals surface area contributed by atoms with E-state index in [1.807, 2.05) is 87.5 Å². The largest absolute Gasteiger partial charge is 0.484 e. The third-order valence-electron chi connectivity index (χ3n) is 6.23. The molecule has 0 bridgehead atoms. The van der Waals surface area contributed by atoms with Crippen LogP contribution in [0, 0.1) is 26.7 Å². The molecule has 36 heavy (non-hydrogen) atoms. The fourth-order valence-corrected chi connectivity index (χ4v) is 4.02. The first-order valence-electron chi connectivity index (χ1n) is 12.6. The van der Waals surface area contributed by atoms with Crippen molar-refractivity contribution >= 4 is 11.8 Å². The van der Waals surface area contributed by atoms with Crippen LogP contribution in [0.15, 0.2) is 72.8 Å². The SMILES string of the molecule is Cc1cccc(CN(C(=O)COc2ccc(C)c(C)c2)[C@H](Cc2ccccc2)C(=O)NCC(C)C)c1. The number of rotatable bonds is 11. The summed E-state index contributed by atoms with van der Waals surface area (Å²) < 4.78 is 5.90. The van der Waals surface area contributed by atoms with E-state index in [2.05, 4.69) is 25.2 Å². The number of ether oxygens (including phenoxy) is 1.